The number of rotatable bonds is 6. The Bertz CT molecular complexity index is 727. The minimum absolute atomic E-state index is 0.0566. The molecule has 2 rings (SSSR count). The van der Waals surface area contributed by atoms with E-state index in [9.17, 15) is 14.4 Å². The third-order valence-corrected chi connectivity index (χ3v) is 3.36. The number of amides is 3. The molecule has 0 aliphatic heterocycles. The summed E-state index contributed by atoms with van der Waals surface area (Å²) in [5.74, 6) is -1.36. The number of esters is 1. The van der Waals surface area contributed by atoms with Crippen LogP contribution in [0.5, 0.6) is 0 Å². The van der Waals surface area contributed by atoms with Crippen LogP contribution in [0.2, 0.25) is 0 Å². The van der Waals surface area contributed by atoms with E-state index in [2.05, 4.69) is 20.7 Å². The van der Waals surface area contributed by atoms with Gasteiger partial charge in [0.1, 0.15) is 12.7 Å². The van der Waals surface area contributed by atoms with Crippen molar-refractivity contribution in [2.45, 2.75) is 26.3 Å². The van der Waals surface area contributed by atoms with Crippen molar-refractivity contribution in [2.24, 2.45) is 0 Å². The molecule has 0 unspecified atom stereocenters. The van der Waals surface area contributed by atoms with E-state index in [1.807, 2.05) is 13.8 Å². The van der Waals surface area contributed by atoms with Crippen LogP contribution in [0.3, 0.4) is 0 Å². The van der Waals surface area contributed by atoms with E-state index in [0.29, 0.717) is 0 Å². The minimum Gasteiger partial charge on any atom is -0.452 e. The summed E-state index contributed by atoms with van der Waals surface area (Å²) >= 11 is 0. The van der Waals surface area contributed by atoms with Crippen LogP contribution in [-0.2, 0) is 9.53 Å². The second kappa shape index (κ2) is 8.57. The molecular formula is C16H19N5O4. The molecule has 9 heteroatoms. The van der Waals surface area contributed by atoms with Crippen molar-refractivity contribution < 1.29 is 19.1 Å². The first-order valence-electron chi connectivity index (χ1n) is 7.72. The number of imide groups is 1. The Morgan fingerprint density at radius 2 is 1.96 bits per heavy atom. The maximum Gasteiger partial charge on any atom is 0.338 e. The highest BCUT2D eigenvalue weighted by Gasteiger charge is 2.13. The summed E-state index contributed by atoms with van der Waals surface area (Å²) in [5.41, 5.74) is 1.01. The van der Waals surface area contributed by atoms with Crippen LogP contribution in [-0.4, -0.2) is 45.3 Å². The van der Waals surface area contributed by atoms with Gasteiger partial charge in [0.2, 0.25) is 0 Å². The fourth-order valence-electron chi connectivity index (χ4n) is 1.83. The number of carbonyl (C=O) groups is 3. The molecule has 2 aromatic rings. The molecule has 1 atom stereocenters. The molecular weight excluding hydrogens is 326 g/mol. The second-order valence-corrected chi connectivity index (χ2v) is 5.29. The fourth-order valence-corrected chi connectivity index (χ4v) is 1.83. The molecule has 9 nitrogen and oxygen atoms in total. The van der Waals surface area contributed by atoms with Crippen molar-refractivity contribution in [3.05, 3.63) is 42.5 Å². The van der Waals surface area contributed by atoms with Gasteiger partial charge in [-0.15, -0.1) is 0 Å². The summed E-state index contributed by atoms with van der Waals surface area (Å²) in [6, 6.07) is 5.77. The molecule has 1 heterocycles. The SMILES string of the molecule is CC[C@H](C)NC(=O)NC(=O)COC(=O)c1ccc(-n2cncn2)cc1. The molecule has 1 aromatic heterocycles. The number of hydrogen-bond acceptors (Lipinski definition) is 6. The third kappa shape index (κ3) is 5.41. The summed E-state index contributed by atoms with van der Waals surface area (Å²) in [7, 11) is 0. The van der Waals surface area contributed by atoms with Gasteiger partial charge in [-0.1, -0.05) is 6.92 Å². The van der Waals surface area contributed by atoms with Crippen molar-refractivity contribution >= 4 is 17.9 Å². The lowest BCUT2D eigenvalue weighted by atomic mass is 10.2. The van der Waals surface area contributed by atoms with Gasteiger partial charge in [-0.05, 0) is 37.6 Å². The molecule has 2 N–H and O–H groups in total. The van der Waals surface area contributed by atoms with Gasteiger partial charge in [0, 0.05) is 6.04 Å². The van der Waals surface area contributed by atoms with Crippen molar-refractivity contribution in [1.29, 1.82) is 0 Å². The normalized spacial score (nSPS) is 11.4. The number of hydrogen-bond donors (Lipinski definition) is 2. The Hall–Kier alpha value is -3.23. The molecule has 0 saturated carbocycles. The first-order chi connectivity index (χ1) is 12.0. The highest BCUT2D eigenvalue weighted by molar-refractivity contribution is 5.97. The highest BCUT2D eigenvalue weighted by Crippen LogP contribution is 2.09. The number of ether oxygens (including phenoxy) is 1. The number of urea groups is 1. The van der Waals surface area contributed by atoms with Gasteiger partial charge in [0.15, 0.2) is 6.61 Å². The number of nitrogens with one attached hydrogen (secondary N) is 2. The van der Waals surface area contributed by atoms with Crippen molar-refractivity contribution in [1.82, 2.24) is 25.4 Å². The molecule has 3 amide bonds. The van der Waals surface area contributed by atoms with Crippen LogP contribution in [0.1, 0.15) is 30.6 Å². The van der Waals surface area contributed by atoms with E-state index in [-0.39, 0.29) is 11.6 Å². The molecule has 0 fully saturated rings. The molecule has 132 valence electrons. The van der Waals surface area contributed by atoms with Crippen LogP contribution < -0.4 is 10.6 Å². The smallest absolute Gasteiger partial charge is 0.338 e. The van der Waals surface area contributed by atoms with E-state index >= 15 is 0 Å². The topological polar surface area (TPSA) is 115 Å². The van der Waals surface area contributed by atoms with Gasteiger partial charge < -0.3 is 10.1 Å². The molecule has 0 aliphatic carbocycles. The fraction of sp³-hybridized carbons (Fsp3) is 0.312. The molecule has 0 radical (unpaired) electrons. The van der Waals surface area contributed by atoms with Crippen LogP contribution >= 0.6 is 0 Å². The number of aromatic nitrogens is 3. The third-order valence-electron chi connectivity index (χ3n) is 3.36. The molecule has 0 spiro atoms. The average molecular weight is 345 g/mol. The van der Waals surface area contributed by atoms with E-state index in [4.69, 9.17) is 4.74 Å². The zero-order valence-corrected chi connectivity index (χ0v) is 13.9. The van der Waals surface area contributed by atoms with Crippen LogP contribution in [0.25, 0.3) is 5.69 Å². The molecule has 25 heavy (non-hydrogen) atoms. The molecule has 0 saturated heterocycles. The summed E-state index contributed by atoms with van der Waals surface area (Å²) in [6.45, 7) is 3.17. The Morgan fingerprint density at radius 3 is 2.56 bits per heavy atom. The van der Waals surface area contributed by atoms with Crippen molar-refractivity contribution in [2.75, 3.05) is 6.61 Å². The highest BCUT2D eigenvalue weighted by atomic mass is 16.5. The van der Waals surface area contributed by atoms with Gasteiger partial charge in [0.25, 0.3) is 5.91 Å². The maximum atomic E-state index is 11.9. The first kappa shape index (κ1) is 18.1. The Morgan fingerprint density at radius 1 is 1.24 bits per heavy atom. The lowest BCUT2D eigenvalue weighted by molar-refractivity contribution is -0.123. The number of carbonyl (C=O) groups excluding carboxylic acids is 3. The van der Waals surface area contributed by atoms with E-state index < -0.39 is 24.5 Å². The quantitative estimate of drug-likeness (QED) is 0.756. The monoisotopic (exact) mass is 345 g/mol. The number of nitrogens with zero attached hydrogens (tertiary/aromatic N) is 3. The molecule has 0 bridgehead atoms. The van der Waals surface area contributed by atoms with Gasteiger partial charge in [-0.3, -0.25) is 10.1 Å². The van der Waals surface area contributed by atoms with Gasteiger partial charge in [-0.25, -0.2) is 19.3 Å². The summed E-state index contributed by atoms with van der Waals surface area (Å²) in [6.07, 6.45) is 3.67. The minimum atomic E-state index is -0.701. The van der Waals surface area contributed by atoms with Crippen molar-refractivity contribution in [3.8, 4) is 5.69 Å². The zero-order valence-electron chi connectivity index (χ0n) is 13.9. The predicted octanol–water partition coefficient (Wildman–Crippen LogP) is 1.05. The standard InChI is InChI=1S/C16H19N5O4/c1-3-11(2)19-16(24)20-14(22)8-25-15(23)12-4-6-13(7-5-12)21-10-17-9-18-21/h4-7,9-11H,3,8H2,1-2H3,(H2,19,20,22,24)/t11-/m0/s1. The predicted molar refractivity (Wildman–Crippen MR) is 88.1 cm³/mol. The maximum absolute atomic E-state index is 11.9. The van der Waals surface area contributed by atoms with Gasteiger partial charge in [-0.2, -0.15) is 5.10 Å². The van der Waals surface area contributed by atoms with Crippen molar-refractivity contribution in [3.63, 3.8) is 0 Å². The van der Waals surface area contributed by atoms with Crippen LogP contribution in [0.15, 0.2) is 36.9 Å². The molecule has 1 aromatic carbocycles. The lowest BCUT2D eigenvalue weighted by Crippen LogP contribution is -2.44. The summed E-state index contributed by atoms with van der Waals surface area (Å²) in [4.78, 5) is 38.8. The summed E-state index contributed by atoms with van der Waals surface area (Å²) in [5, 5.41) is 8.64. The Labute approximate surface area is 144 Å². The molecule has 0 aliphatic rings. The van der Waals surface area contributed by atoms with Gasteiger partial charge >= 0.3 is 12.0 Å². The van der Waals surface area contributed by atoms with Crippen LogP contribution in [0, 0.1) is 0 Å². The summed E-state index contributed by atoms with van der Waals surface area (Å²) < 4.78 is 6.43. The second-order valence-electron chi connectivity index (χ2n) is 5.29. The van der Waals surface area contributed by atoms with E-state index in [0.717, 1.165) is 12.1 Å². The van der Waals surface area contributed by atoms with E-state index in [1.165, 1.54) is 12.7 Å². The van der Waals surface area contributed by atoms with E-state index in [1.54, 1.807) is 28.9 Å². The van der Waals surface area contributed by atoms with Gasteiger partial charge in [0.05, 0.1) is 11.3 Å². The largest absolute Gasteiger partial charge is 0.452 e. The first-order valence-corrected chi connectivity index (χ1v) is 7.72. The van der Waals surface area contributed by atoms with Crippen LogP contribution in [0.4, 0.5) is 4.79 Å². The Balaban J connectivity index is 1.81. The zero-order chi connectivity index (χ0) is 18.2. The lowest BCUT2D eigenvalue weighted by Gasteiger charge is -2.11. The number of benzene rings is 1. The average Bonchev–Trinajstić information content (AvgIpc) is 3.14. The Kier molecular flexibility index (Phi) is 6.21.